The molecular weight excluding hydrogens is 459 g/mol. The van der Waals surface area contributed by atoms with Gasteiger partial charge in [-0.15, -0.1) is 0 Å². The van der Waals surface area contributed by atoms with E-state index in [-0.39, 0.29) is 24.4 Å². The molecule has 2 aromatic carbocycles. The lowest BCUT2D eigenvalue weighted by Crippen LogP contribution is -2.41. The van der Waals surface area contributed by atoms with Crippen LogP contribution < -0.4 is 4.74 Å². The average molecular weight is 493 g/mol. The fourth-order valence-corrected chi connectivity index (χ4v) is 6.34. The van der Waals surface area contributed by atoms with E-state index in [1.807, 2.05) is 35.2 Å². The minimum absolute atomic E-state index is 0.0779. The van der Waals surface area contributed by atoms with Crippen molar-refractivity contribution >= 4 is 28.9 Å². The van der Waals surface area contributed by atoms with E-state index >= 15 is 0 Å². The molecular formula is C29H33FN2O2S. The first-order chi connectivity index (χ1) is 17.2. The van der Waals surface area contributed by atoms with E-state index in [1.165, 1.54) is 56.4 Å². The Bertz CT molecular complexity index is 1100. The molecule has 1 heterocycles. The number of benzene rings is 2. The Balaban J connectivity index is 1.35. The highest BCUT2D eigenvalue weighted by molar-refractivity contribution is 8.18. The Labute approximate surface area is 211 Å². The predicted molar refractivity (Wildman–Crippen MR) is 141 cm³/mol. The lowest BCUT2D eigenvalue weighted by atomic mass is 9.94. The molecule has 3 aliphatic rings. The second kappa shape index (κ2) is 11.4. The van der Waals surface area contributed by atoms with Gasteiger partial charge in [0, 0.05) is 11.6 Å². The van der Waals surface area contributed by atoms with Crippen molar-refractivity contribution in [2.45, 2.75) is 82.9 Å². The minimum atomic E-state index is -0.272. The summed E-state index contributed by atoms with van der Waals surface area (Å²) in [4.78, 5) is 21.4. The van der Waals surface area contributed by atoms with Gasteiger partial charge in [0.15, 0.2) is 5.17 Å². The summed E-state index contributed by atoms with van der Waals surface area (Å²) in [5.41, 5.74) is 1.42. The summed E-state index contributed by atoms with van der Waals surface area (Å²) in [6, 6.07) is 14.9. The third-order valence-corrected chi connectivity index (χ3v) is 8.15. The van der Waals surface area contributed by atoms with Crippen LogP contribution in [0.25, 0.3) is 6.08 Å². The van der Waals surface area contributed by atoms with E-state index in [1.54, 1.807) is 18.2 Å². The quantitative estimate of drug-likeness (QED) is 0.396. The van der Waals surface area contributed by atoms with E-state index in [4.69, 9.17) is 9.73 Å². The molecule has 0 unspecified atom stereocenters. The summed E-state index contributed by atoms with van der Waals surface area (Å²) in [5.74, 6) is 0.457. The zero-order valence-electron chi connectivity index (χ0n) is 20.1. The summed E-state index contributed by atoms with van der Waals surface area (Å²) in [5, 5.41) is 0.895. The third kappa shape index (κ3) is 5.97. The van der Waals surface area contributed by atoms with E-state index in [2.05, 4.69) is 0 Å². The third-order valence-electron chi connectivity index (χ3n) is 7.15. The molecule has 0 bridgehead atoms. The molecule has 4 nitrogen and oxygen atoms in total. The lowest BCUT2D eigenvalue weighted by molar-refractivity contribution is -0.124. The van der Waals surface area contributed by atoms with Gasteiger partial charge in [-0.1, -0.05) is 68.9 Å². The molecule has 6 heteroatoms. The highest BCUT2D eigenvalue weighted by atomic mass is 32.2. The fourth-order valence-electron chi connectivity index (χ4n) is 5.23. The first-order valence-electron chi connectivity index (χ1n) is 12.9. The van der Waals surface area contributed by atoms with Crippen molar-refractivity contribution in [3.63, 3.8) is 0 Å². The first-order valence-corrected chi connectivity index (χ1v) is 13.8. The summed E-state index contributed by atoms with van der Waals surface area (Å²) < 4.78 is 19.8. The number of hydrogen-bond donors (Lipinski definition) is 0. The number of ether oxygens (including phenoxy) is 1. The van der Waals surface area contributed by atoms with Gasteiger partial charge in [-0.25, -0.2) is 4.39 Å². The van der Waals surface area contributed by atoms with Crippen molar-refractivity contribution in [2.24, 2.45) is 4.99 Å². The Hall–Kier alpha value is -2.60. The molecule has 1 aliphatic heterocycles. The zero-order chi connectivity index (χ0) is 24.0. The van der Waals surface area contributed by atoms with Crippen molar-refractivity contribution in [1.82, 2.24) is 4.90 Å². The minimum Gasteiger partial charge on any atom is -0.489 e. The highest BCUT2D eigenvalue weighted by Gasteiger charge is 2.39. The first kappa shape index (κ1) is 24.1. The second-order valence-electron chi connectivity index (χ2n) is 9.73. The lowest BCUT2D eigenvalue weighted by Gasteiger charge is -2.31. The predicted octanol–water partition coefficient (Wildman–Crippen LogP) is 7.34. The summed E-state index contributed by atoms with van der Waals surface area (Å²) in [6.07, 6.45) is 13.7. The molecule has 35 heavy (non-hydrogen) atoms. The molecule has 2 saturated carbocycles. The molecule has 1 amide bonds. The normalized spacial score (nSPS) is 22.3. The molecule has 2 aromatic rings. The standard InChI is InChI=1S/C29H33FN2O2S/c30-26-17-8-7-11-22(26)20-34-25-16-9-10-21(18-25)19-27-28(33)32(24-14-5-2-6-15-24)29(35-27)31-23-12-3-1-4-13-23/h7-11,16-19,23-24H,1-6,12-15,20H2. The van der Waals surface area contributed by atoms with Crippen LogP contribution in [0.15, 0.2) is 58.4 Å². The van der Waals surface area contributed by atoms with Crippen molar-refractivity contribution < 1.29 is 13.9 Å². The summed E-state index contributed by atoms with van der Waals surface area (Å²) in [7, 11) is 0. The van der Waals surface area contributed by atoms with Crippen LogP contribution in [0.5, 0.6) is 5.75 Å². The number of amidine groups is 1. The van der Waals surface area contributed by atoms with E-state index in [0.717, 1.165) is 41.3 Å². The number of carbonyl (C=O) groups excluding carboxylic acids is 1. The van der Waals surface area contributed by atoms with Crippen molar-refractivity contribution in [1.29, 1.82) is 0 Å². The maximum absolute atomic E-state index is 13.9. The Morgan fingerprint density at radius 2 is 1.71 bits per heavy atom. The molecule has 0 N–H and O–H groups in total. The van der Waals surface area contributed by atoms with Crippen LogP contribution in [0.1, 0.15) is 75.3 Å². The van der Waals surface area contributed by atoms with E-state index < -0.39 is 0 Å². The molecule has 2 aliphatic carbocycles. The second-order valence-corrected chi connectivity index (χ2v) is 10.7. The monoisotopic (exact) mass is 492 g/mol. The number of hydrogen-bond acceptors (Lipinski definition) is 4. The van der Waals surface area contributed by atoms with Crippen molar-refractivity contribution in [3.8, 4) is 5.75 Å². The molecule has 0 spiro atoms. The molecule has 184 valence electrons. The SMILES string of the molecule is O=C1C(=Cc2cccc(OCc3ccccc3F)c2)SC(=NC2CCCCC2)N1C1CCCCC1. The molecule has 0 atom stereocenters. The van der Waals surface area contributed by atoms with Crippen LogP contribution in [0.3, 0.4) is 0 Å². The van der Waals surface area contributed by atoms with Gasteiger partial charge in [-0.2, -0.15) is 0 Å². The fraction of sp³-hybridized carbons (Fsp3) is 0.448. The van der Waals surface area contributed by atoms with Crippen molar-refractivity contribution in [3.05, 3.63) is 70.4 Å². The average Bonchev–Trinajstić information content (AvgIpc) is 3.19. The topological polar surface area (TPSA) is 41.9 Å². The van der Waals surface area contributed by atoms with Gasteiger partial charge >= 0.3 is 0 Å². The number of thioether (sulfide) groups is 1. The molecule has 5 rings (SSSR count). The van der Waals surface area contributed by atoms with Crippen LogP contribution in [0, 0.1) is 5.82 Å². The van der Waals surface area contributed by atoms with Crippen molar-refractivity contribution in [2.75, 3.05) is 0 Å². The number of halogens is 1. The van der Waals surface area contributed by atoms with Crippen LogP contribution in [-0.4, -0.2) is 28.1 Å². The number of nitrogens with zero attached hydrogens (tertiary/aromatic N) is 2. The van der Waals surface area contributed by atoms with Gasteiger partial charge in [0.05, 0.1) is 10.9 Å². The maximum Gasteiger partial charge on any atom is 0.266 e. The Kier molecular flexibility index (Phi) is 7.87. The summed E-state index contributed by atoms with van der Waals surface area (Å²) in [6.45, 7) is 0.161. The maximum atomic E-state index is 13.9. The van der Waals surface area contributed by atoms with Crippen LogP contribution in [0.2, 0.25) is 0 Å². The van der Waals surface area contributed by atoms with Gasteiger partial charge in [0.1, 0.15) is 18.2 Å². The van der Waals surface area contributed by atoms with E-state index in [0.29, 0.717) is 17.4 Å². The number of amides is 1. The van der Waals surface area contributed by atoms with E-state index in [9.17, 15) is 9.18 Å². The molecule has 0 radical (unpaired) electrons. The smallest absolute Gasteiger partial charge is 0.266 e. The largest absolute Gasteiger partial charge is 0.489 e. The van der Waals surface area contributed by atoms with Crippen LogP contribution in [-0.2, 0) is 11.4 Å². The van der Waals surface area contributed by atoms with Crippen LogP contribution in [0.4, 0.5) is 4.39 Å². The highest BCUT2D eigenvalue weighted by Crippen LogP contribution is 2.38. The number of aliphatic imine (C=N–C) groups is 1. The number of rotatable bonds is 6. The Morgan fingerprint density at radius 1 is 0.971 bits per heavy atom. The molecule has 3 fully saturated rings. The molecule has 1 saturated heterocycles. The number of carbonyl (C=O) groups is 1. The van der Waals surface area contributed by atoms with Crippen LogP contribution >= 0.6 is 11.8 Å². The Morgan fingerprint density at radius 3 is 2.49 bits per heavy atom. The van der Waals surface area contributed by atoms with Gasteiger partial charge in [0.2, 0.25) is 0 Å². The molecule has 0 aromatic heterocycles. The van der Waals surface area contributed by atoms with Gasteiger partial charge in [-0.05, 0) is 67.3 Å². The van der Waals surface area contributed by atoms with Gasteiger partial charge in [-0.3, -0.25) is 14.7 Å². The van der Waals surface area contributed by atoms with Gasteiger partial charge in [0.25, 0.3) is 5.91 Å². The summed E-state index contributed by atoms with van der Waals surface area (Å²) >= 11 is 1.52. The zero-order valence-corrected chi connectivity index (χ0v) is 20.9. The van der Waals surface area contributed by atoms with Gasteiger partial charge < -0.3 is 4.74 Å².